The Morgan fingerprint density at radius 2 is 2.11 bits per heavy atom. The fourth-order valence-electron chi connectivity index (χ4n) is 2.36. The van der Waals surface area contributed by atoms with Crippen LogP contribution in [0.1, 0.15) is 24.8 Å². The van der Waals surface area contributed by atoms with Crippen molar-refractivity contribution in [3.63, 3.8) is 0 Å². The van der Waals surface area contributed by atoms with Crippen LogP contribution in [0.2, 0.25) is 10.3 Å². The molecule has 1 aliphatic rings. The number of nitrogens with zero attached hydrogens (tertiary/aromatic N) is 2. The number of pyridine rings is 1. The smallest absolute Gasteiger partial charge is 0.154 e. The lowest BCUT2D eigenvalue weighted by Gasteiger charge is -2.20. The van der Waals surface area contributed by atoms with Crippen LogP contribution in [-0.4, -0.2) is 36.1 Å². The van der Waals surface area contributed by atoms with Gasteiger partial charge in [-0.25, -0.2) is 4.98 Å². The first-order valence-electron chi connectivity index (χ1n) is 6.34. The molecule has 1 aromatic rings. The summed E-state index contributed by atoms with van der Waals surface area (Å²) in [6.45, 7) is 4.30. The Hall–Kier alpha value is -0.510. The third-order valence-electron chi connectivity index (χ3n) is 3.44. The van der Waals surface area contributed by atoms with Crippen LogP contribution >= 0.6 is 23.2 Å². The van der Waals surface area contributed by atoms with E-state index >= 15 is 0 Å². The van der Waals surface area contributed by atoms with Gasteiger partial charge in [0, 0.05) is 6.04 Å². The Balaban J connectivity index is 2.09. The maximum atomic E-state index is 6.16. The first kappa shape index (κ1) is 13.9. The van der Waals surface area contributed by atoms with E-state index < -0.39 is 0 Å². The summed E-state index contributed by atoms with van der Waals surface area (Å²) in [6.07, 6.45) is 3.52. The van der Waals surface area contributed by atoms with Crippen molar-refractivity contribution in [1.29, 1.82) is 0 Å². The molecule has 1 N–H and O–H groups in total. The minimum Gasteiger partial charge on any atom is -0.380 e. The standard InChI is InChI=1S/C13H19Cl2N3/c1-9-8-11(14)17-13(15)12(9)16-10-4-3-6-18(2)7-5-10/h8,10,16H,3-7H2,1-2H3. The SMILES string of the molecule is Cc1cc(Cl)nc(Cl)c1NC1CCCN(C)CC1. The quantitative estimate of drug-likeness (QED) is 0.843. The van der Waals surface area contributed by atoms with E-state index in [-0.39, 0.29) is 0 Å². The molecule has 1 saturated heterocycles. The van der Waals surface area contributed by atoms with E-state index in [0.717, 1.165) is 24.2 Å². The molecule has 1 unspecified atom stereocenters. The summed E-state index contributed by atoms with van der Waals surface area (Å²) in [6, 6.07) is 2.31. The average molecular weight is 288 g/mol. The van der Waals surface area contributed by atoms with Crippen LogP contribution in [0.5, 0.6) is 0 Å². The molecule has 0 bridgehead atoms. The number of halogens is 2. The van der Waals surface area contributed by atoms with Crippen LogP contribution in [0, 0.1) is 6.92 Å². The normalized spacial score (nSPS) is 21.7. The molecule has 0 radical (unpaired) electrons. The highest BCUT2D eigenvalue weighted by Gasteiger charge is 2.17. The molecule has 1 fully saturated rings. The lowest BCUT2D eigenvalue weighted by Crippen LogP contribution is -2.23. The van der Waals surface area contributed by atoms with Crippen LogP contribution in [0.3, 0.4) is 0 Å². The Bertz CT molecular complexity index is 400. The zero-order valence-electron chi connectivity index (χ0n) is 10.8. The van der Waals surface area contributed by atoms with Gasteiger partial charge >= 0.3 is 0 Å². The first-order valence-corrected chi connectivity index (χ1v) is 7.09. The third-order valence-corrected chi connectivity index (χ3v) is 3.91. The van der Waals surface area contributed by atoms with E-state index in [9.17, 15) is 0 Å². The van der Waals surface area contributed by atoms with E-state index in [0.29, 0.717) is 16.3 Å². The fourth-order valence-corrected chi connectivity index (χ4v) is 2.94. The summed E-state index contributed by atoms with van der Waals surface area (Å²) in [4.78, 5) is 6.47. The summed E-state index contributed by atoms with van der Waals surface area (Å²) < 4.78 is 0. The lowest BCUT2D eigenvalue weighted by molar-refractivity contribution is 0.348. The zero-order valence-corrected chi connectivity index (χ0v) is 12.4. The number of rotatable bonds is 2. The van der Waals surface area contributed by atoms with Crippen molar-refractivity contribution in [3.8, 4) is 0 Å². The van der Waals surface area contributed by atoms with Gasteiger partial charge in [0.1, 0.15) is 5.15 Å². The molecule has 0 aromatic carbocycles. The minimum absolute atomic E-state index is 0.448. The number of hydrogen-bond donors (Lipinski definition) is 1. The number of hydrogen-bond acceptors (Lipinski definition) is 3. The lowest BCUT2D eigenvalue weighted by atomic mass is 10.1. The second kappa shape index (κ2) is 6.09. The second-order valence-corrected chi connectivity index (χ2v) is 5.75. The van der Waals surface area contributed by atoms with Gasteiger partial charge in [0.2, 0.25) is 0 Å². The highest BCUT2D eigenvalue weighted by atomic mass is 35.5. The second-order valence-electron chi connectivity index (χ2n) is 5.00. The van der Waals surface area contributed by atoms with Crippen molar-refractivity contribution < 1.29 is 0 Å². The average Bonchev–Trinajstić information content (AvgIpc) is 2.48. The van der Waals surface area contributed by atoms with E-state index in [4.69, 9.17) is 23.2 Å². The van der Waals surface area contributed by atoms with Gasteiger partial charge in [0.05, 0.1) is 5.69 Å². The van der Waals surface area contributed by atoms with Crippen LogP contribution < -0.4 is 5.32 Å². The maximum Gasteiger partial charge on any atom is 0.154 e. The number of aromatic nitrogens is 1. The van der Waals surface area contributed by atoms with E-state index in [2.05, 4.69) is 22.2 Å². The number of aryl methyl sites for hydroxylation is 1. The van der Waals surface area contributed by atoms with E-state index in [1.807, 2.05) is 13.0 Å². The summed E-state index contributed by atoms with van der Waals surface area (Å²) in [5, 5.41) is 4.44. The third kappa shape index (κ3) is 3.50. The highest BCUT2D eigenvalue weighted by Crippen LogP contribution is 2.28. The first-order chi connectivity index (χ1) is 8.56. The van der Waals surface area contributed by atoms with Crippen LogP contribution in [0.25, 0.3) is 0 Å². The van der Waals surface area contributed by atoms with E-state index in [1.165, 1.54) is 19.4 Å². The van der Waals surface area contributed by atoms with E-state index in [1.54, 1.807) is 0 Å². The van der Waals surface area contributed by atoms with Crippen molar-refractivity contribution in [1.82, 2.24) is 9.88 Å². The molecule has 0 amide bonds. The monoisotopic (exact) mass is 287 g/mol. The van der Waals surface area contributed by atoms with Crippen LogP contribution in [0.15, 0.2) is 6.07 Å². The molecule has 1 atom stereocenters. The zero-order chi connectivity index (χ0) is 13.1. The molecule has 5 heteroatoms. The molecule has 1 aliphatic heterocycles. The predicted octanol–water partition coefficient (Wildman–Crippen LogP) is 3.59. The van der Waals surface area contributed by atoms with Crippen molar-refractivity contribution in [2.24, 2.45) is 0 Å². The molecule has 100 valence electrons. The molecule has 2 rings (SSSR count). The highest BCUT2D eigenvalue weighted by molar-refractivity contribution is 6.34. The van der Waals surface area contributed by atoms with Gasteiger partial charge in [-0.1, -0.05) is 23.2 Å². The van der Waals surface area contributed by atoms with Crippen molar-refractivity contribution in [3.05, 3.63) is 21.9 Å². The Labute approximate surface area is 118 Å². The van der Waals surface area contributed by atoms with Gasteiger partial charge in [-0.05, 0) is 58.0 Å². The minimum atomic E-state index is 0.448. The summed E-state index contributed by atoms with van der Waals surface area (Å²) >= 11 is 12.0. The molecule has 0 aliphatic carbocycles. The van der Waals surface area contributed by atoms with Gasteiger partial charge in [-0.3, -0.25) is 0 Å². The molecule has 2 heterocycles. The number of anilines is 1. The number of nitrogens with one attached hydrogen (secondary N) is 1. The molecular formula is C13H19Cl2N3. The van der Waals surface area contributed by atoms with Crippen LogP contribution in [0.4, 0.5) is 5.69 Å². The van der Waals surface area contributed by atoms with Gasteiger partial charge < -0.3 is 10.2 Å². The van der Waals surface area contributed by atoms with Gasteiger partial charge in [0.25, 0.3) is 0 Å². The predicted molar refractivity (Wildman–Crippen MR) is 77.8 cm³/mol. The van der Waals surface area contributed by atoms with Crippen molar-refractivity contribution >= 4 is 28.9 Å². The molecule has 1 aromatic heterocycles. The summed E-state index contributed by atoms with van der Waals surface area (Å²) in [5.74, 6) is 0. The van der Waals surface area contributed by atoms with Crippen LogP contribution in [-0.2, 0) is 0 Å². The van der Waals surface area contributed by atoms with Crippen molar-refractivity contribution in [2.75, 3.05) is 25.5 Å². The topological polar surface area (TPSA) is 28.2 Å². The Morgan fingerprint density at radius 3 is 2.83 bits per heavy atom. The fraction of sp³-hybridized carbons (Fsp3) is 0.615. The molecule has 0 spiro atoms. The van der Waals surface area contributed by atoms with Gasteiger partial charge in [-0.15, -0.1) is 0 Å². The largest absolute Gasteiger partial charge is 0.380 e. The van der Waals surface area contributed by atoms with Gasteiger partial charge in [0.15, 0.2) is 5.15 Å². The maximum absolute atomic E-state index is 6.16. The summed E-state index contributed by atoms with van der Waals surface area (Å²) in [7, 11) is 2.17. The number of likely N-dealkylation sites (tertiary alicyclic amines) is 1. The molecule has 3 nitrogen and oxygen atoms in total. The Kier molecular flexibility index (Phi) is 4.71. The summed E-state index contributed by atoms with van der Waals surface area (Å²) in [5.41, 5.74) is 1.98. The van der Waals surface area contributed by atoms with Gasteiger partial charge in [-0.2, -0.15) is 0 Å². The Morgan fingerprint density at radius 1 is 1.33 bits per heavy atom. The molecular weight excluding hydrogens is 269 g/mol. The molecule has 18 heavy (non-hydrogen) atoms. The molecule has 0 saturated carbocycles. The van der Waals surface area contributed by atoms with Crippen molar-refractivity contribution in [2.45, 2.75) is 32.2 Å².